The number of aromatic nitrogens is 1. The SMILES string of the molecule is CCCN1CCC(NC(=NCc2ccc(OC3CCCCC3)nc2)NCC)CC1.I. The van der Waals surface area contributed by atoms with E-state index in [0.717, 1.165) is 36.8 Å². The summed E-state index contributed by atoms with van der Waals surface area (Å²) in [5, 5.41) is 7.00. The Bertz CT molecular complexity index is 611. The van der Waals surface area contributed by atoms with Gasteiger partial charge in [-0.1, -0.05) is 19.4 Å². The van der Waals surface area contributed by atoms with Crippen LogP contribution in [0.3, 0.4) is 0 Å². The van der Waals surface area contributed by atoms with Gasteiger partial charge in [-0.25, -0.2) is 9.98 Å². The Morgan fingerprint density at radius 2 is 1.90 bits per heavy atom. The van der Waals surface area contributed by atoms with Crippen LogP contribution in [-0.2, 0) is 6.54 Å². The van der Waals surface area contributed by atoms with Crippen molar-refractivity contribution in [3.05, 3.63) is 23.9 Å². The van der Waals surface area contributed by atoms with Crippen LogP contribution < -0.4 is 15.4 Å². The van der Waals surface area contributed by atoms with Crippen LogP contribution in [0.25, 0.3) is 0 Å². The summed E-state index contributed by atoms with van der Waals surface area (Å²) in [6.45, 7) is 9.43. The molecule has 1 saturated carbocycles. The fourth-order valence-corrected chi connectivity index (χ4v) is 4.23. The molecule has 0 bridgehead atoms. The summed E-state index contributed by atoms with van der Waals surface area (Å²) in [5.74, 6) is 1.65. The number of nitrogens with one attached hydrogen (secondary N) is 2. The van der Waals surface area contributed by atoms with Crippen LogP contribution in [0.15, 0.2) is 23.3 Å². The molecule has 2 fully saturated rings. The van der Waals surface area contributed by atoms with Gasteiger partial charge >= 0.3 is 0 Å². The maximum Gasteiger partial charge on any atom is 0.213 e. The number of piperidine rings is 1. The lowest BCUT2D eigenvalue weighted by Gasteiger charge is -2.32. The Hall–Kier alpha value is -1.09. The van der Waals surface area contributed by atoms with Gasteiger partial charge in [-0.2, -0.15) is 0 Å². The van der Waals surface area contributed by atoms with E-state index in [1.54, 1.807) is 0 Å². The van der Waals surface area contributed by atoms with E-state index in [0.29, 0.717) is 18.7 Å². The third-order valence-electron chi connectivity index (χ3n) is 5.87. The maximum atomic E-state index is 6.03. The highest BCUT2D eigenvalue weighted by Crippen LogP contribution is 2.22. The number of hydrogen-bond donors (Lipinski definition) is 2. The fourth-order valence-electron chi connectivity index (χ4n) is 4.23. The quantitative estimate of drug-likeness (QED) is 0.298. The molecule has 0 aromatic carbocycles. The van der Waals surface area contributed by atoms with Gasteiger partial charge < -0.3 is 20.3 Å². The molecular weight excluding hydrogens is 489 g/mol. The topological polar surface area (TPSA) is 61.8 Å². The third-order valence-corrected chi connectivity index (χ3v) is 5.87. The number of nitrogens with zero attached hydrogens (tertiary/aromatic N) is 3. The van der Waals surface area contributed by atoms with Crippen molar-refractivity contribution in [1.29, 1.82) is 0 Å². The van der Waals surface area contributed by atoms with E-state index >= 15 is 0 Å². The van der Waals surface area contributed by atoms with Crippen molar-refractivity contribution in [1.82, 2.24) is 20.5 Å². The van der Waals surface area contributed by atoms with E-state index in [9.17, 15) is 0 Å². The van der Waals surface area contributed by atoms with E-state index in [1.807, 2.05) is 12.3 Å². The van der Waals surface area contributed by atoms with Crippen molar-refractivity contribution in [2.75, 3.05) is 26.2 Å². The molecule has 2 N–H and O–H groups in total. The first kappa shape index (κ1) is 25.2. The third kappa shape index (κ3) is 8.57. The molecule has 1 saturated heterocycles. The zero-order chi connectivity index (χ0) is 20.3. The number of likely N-dealkylation sites (tertiary alicyclic amines) is 1. The number of guanidine groups is 1. The molecule has 0 radical (unpaired) electrons. The molecule has 170 valence electrons. The predicted molar refractivity (Wildman–Crippen MR) is 135 cm³/mol. The van der Waals surface area contributed by atoms with Crippen LogP contribution in [0, 0.1) is 0 Å². The average Bonchev–Trinajstić information content (AvgIpc) is 2.75. The Morgan fingerprint density at radius 3 is 2.53 bits per heavy atom. The molecule has 1 aromatic rings. The van der Waals surface area contributed by atoms with Crippen molar-refractivity contribution >= 4 is 29.9 Å². The van der Waals surface area contributed by atoms with E-state index < -0.39 is 0 Å². The normalized spacial score (nSPS) is 19.2. The molecule has 30 heavy (non-hydrogen) atoms. The van der Waals surface area contributed by atoms with Crippen LogP contribution in [-0.4, -0.2) is 54.2 Å². The maximum absolute atomic E-state index is 6.03. The van der Waals surface area contributed by atoms with Crippen molar-refractivity contribution in [3.8, 4) is 5.88 Å². The molecule has 0 spiro atoms. The molecule has 2 heterocycles. The molecule has 3 rings (SSSR count). The minimum atomic E-state index is 0. The van der Waals surface area contributed by atoms with Gasteiger partial charge in [0.2, 0.25) is 5.88 Å². The van der Waals surface area contributed by atoms with Crippen LogP contribution in [0.2, 0.25) is 0 Å². The van der Waals surface area contributed by atoms with Crippen molar-refractivity contribution in [3.63, 3.8) is 0 Å². The van der Waals surface area contributed by atoms with E-state index in [4.69, 9.17) is 9.73 Å². The predicted octanol–water partition coefficient (Wildman–Crippen LogP) is 4.34. The van der Waals surface area contributed by atoms with Gasteiger partial charge in [0.25, 0.3) is 0 Å². The second-order valence-corrected chi connectivity index (χ2v) is 8.34. The minimum absolute atomic E-state index is 0. The monoisotopic (exact) mass is 529 g/mol. The number of hydrogen-bond acceptors (Lipinski definition) is 4. The van der Waals surface area contributed by atoms with Gasteiger partial charge in [0.15, 0.2) is 5.96 Å². The Kier molecular flexibility index (Phi) is 11.8. The zero-order valence-corrected chi connectivity index (χ0v) is 21.1. The average molecular weight is 530 g/mol. The van der Waals surface area contributed by atoms with E-state index in [2.05, 4.69) is 40.4 Å². The summed E-state index contributed by atoms with van der Waals surface area (Å²) in [7, 11) is 0. The van der Waals surface area contributed by atoms with Gasteiger partial charge in [0, 0.05) is 37.9 Å². The Balaban J connectivity index is 0.00000320. The minimum Gasteiger partial charge on any atom is -0.474 e. The number of rotatable bonds is 8. The van der Waals surface area contributed by atoms with Crippen molar-refractivity contribution in [2.45, 2.75) is 83.9 Å². The van der Waals surface area contributed by atoms with Crippen molar-refractivity contribution in [2.24, 2.45) is 4.99 Å². The van der Waals surface area contributed by atoms with Gasteiger partial charge in [0.1, 0.15) is 6.10 Å². The Morgan fingerprint density at radius 1 is 1.13 bits per heavy atom. The summed E-state index contributed by atoms with van der Waals surface area (Å²) in [6, 6.07) is 4.58. The summed E-state index contributed by atoms with van der Waals surface area (Å²) in [6.07, 6.45) is 12.0. The summed E-state index contributed by atoms with van der Waals surface area (Å²) < 4.78 is 6.03. The molecule has 0 atom stereocenters. The van der Waals surface area contributed by atoms with E-state index in [1.165, 1.54) is 58.2 Å². The van der Waals surface area contributed by atoms with Gasteiger partial charge in [0.05, 0.1) is 6.54 Å². The summed E-state index contributed by atoms with van der Waals surface area (Å²) >= 11 is 0. The second kappa shape index (κ2) is 14.1. The number of halogens is 1. The molecule has 2 aliphatic rings. The number of aliphatic imine (C=N–C) groups is 1. The first-order valence-corrected chi connectivity index (χ1v) is 11.7. The fraction of sp³-hybridized carbons (Fsp3) is 0.739. The molecular formula is C23H40IN5O. The molecule has 6 nitrogen and oxygen atoms in total. The van der Waals surface area contributed by atoms with Crippen molar-refractivity contribution < 1.29 is 4.74 Å². The summed E-state index contributed by atoms with van der Waals surface area (Å²) in [5.41, 5.74) is 1.11. The molecule has 1 aliphatic heterocycles. The lowest BCUT2D eigenvalue weighted by atomic mass is 9.98. The summed E-state index contributed by atoms with van der Waals surface area (Å²) in [4.78, 5) is 11.8. The molecule has 7 heteroatoms. The number of ether oxygens (including phenoxy) is 1. The molecule has 1 aromatic heterocycles. The highest BCUT2D eigenvalue weighted by atomic mass is 127. The molecule has 0 unspecified atom stereocenters. The number of pyridine rings is 1. The standard InChI is InChI=1S/C23H39N5O.HI/c1-3-14-28-15-12-20(13-16-28)27-23(24-4-2)26-18-19-10-11-22(25-17-19)29-21-8-6-5-7-9-21;/h10-11,17,20-21H,3-9,12-16,18H2,1-2H3,(H2,24,26,27);1H. The van der Waals surface area contributed by atoms with Crippen LogP contribution >= 0.6 is 24.0 Å². The zero-order valence-electron chi connectivity index (χ0n) is 18.7. The first-order chi connectivity index (χ1) is 14.3. The molecule has 0 amide bonds. The lowest BCUT2D eigenvalue weighted by molar-refractivity contribution is 0.148. The smallest absolute Gasteiger partial charge is 0.213 e. The van der Waals surface area contributed by atoms with Gasteiger partial charge in [-0.15, -0.1) is 24.0 Å². The van der Waals surface area contributed by atoms with E-state index in [-0.39, 0.29) is 24.0 Å². The second-order valence-electron chi connectivity index (χ2n) is 8.34. The van der Waals surface area contributed by atoms with Crippen LogP contribution in [0.1, 0.15) is 70.8 Å². The highest BCUT2D eigenvalue weighted by molar-refractivity contribution is 14.0. The largest absolute Gasteiger partial charge is 0.474 e. The van der Waals surface area contributed by atoms with Crippen LogP contribution in [0.5, 0.6) is 5.88 Å². The van der Waals surface area contributed by atoms with Gasteiger partial charge in [-0.05, 0) is 64.0 Å². The molecule has 1 aliphatic carbocycles. The van der Waals surface area contributed by atoms with Gasteiger partial charge in [-0.3, -0.25) is 0 Å². The Labute approximate surface area is 199 Å². The first-order valence-electron chi connectivity index (χ1n) is 11.7. The lowest BCUT2D eigenvalue weighted by Crippen LogP contribution is -2.48. The van der Waals surface area contributed by atoms with Crippen LogP contribution in [0.4, 0.5) is 0 Å². The highest BCUT2D eigenvalue weighted by Gasteiger charge is 2.19.